The monoisotopic (exact) mass is 291 g/mol. The summed E-state index contributed by atoms with van der Waals surface area (Å²) in [6.45, 7) is 2.78. The minimum atomic E-state index is -6.31. The fourth-order valence-corrected chi connectivity index (χ4v) is 1.08. The first-order chi connectivity index (χ1) is 6.84. The molecular weight excluding hydrogens is 279 g/mol. The van der Waals surface area contributed by atoms with Crippen molar-refractivity contribution >= 4 is 12.4 Å². The summed E-state index contributed by atoms with van der Waals surface area (Å²) >= 11 is 0. The SMILES string of the molecule is CC(C)C[C@H](N)C(F)(F)C(F)(F)C(F)(F)F.Cl. The molecule has 0 unspecified atom stereocenters. The molecule has 0 aromatic carbocycles. The highest BCUT2D eigenvalue weighted by atomic mass is 35.5. The maximum atomic E-state index is 12.9. The summed E-state index contributed by atoms with van der Waals surface area (Å²) in [5.74, 6) is -11.9. The van der Waals surface area contributed by atoms with Gasteiger partial charge in [0, 0.05) is 0 Å². The molecule has 2 N–H and O–H groups in total. The van der Waals surface area contributed by atoms with Crippen LogP contribution in [0.3, 0.4) is 0 Å². The Kier molecular flexibility index (Phi) is 6.29. The molecule has 0 bridgehead atoms. The molecule has 9 heteroatoms. The first kappa shape index (κ1) is 19.1. The Bertz CT molecular complexity index is 239. The van der Waals surface area contributed by atoms with Crippen LogP contribution < -0.4 is 5.73 Å². The van der Waals surface area contributed by atoms with Crippen LogP contribution in [0.15, 0.2) is 0 Å². The van der Waals surface area contributed by atoms with E-state index in [4.69, 9.17) is 5.73 Å². The summed E-state index contributed by atoms with van der Waals surface area (Å²) < 4.78 is 85.8. The molecule has 106 valence electrons. The second-order valence-electron chi connectivity index (χ2n) is 3.93. The Morgan fingerprint density at radius 3 is 1.53 bits per heavy atom. The first-order valence-corrected chi connectivity index (χ1v) is 4.42. The van der Waals surface area contributed by atoms with E-state index in [0.717, 1.165) is 0 Å². The average Bonchev–Trinajstić information content (AvgIpc) is 2.00. The Balaban J connectivity index is 0. The summed E-state index contributed by atoms with van der Waals surface area (Å²) in [4.78, 5) is 0. The molecule has 0 spiro atoms. The van der Waals surface area contributed by atoms with Crippen LogP contribution in [-0.4, -0.2) is 24.1 Å². The molecule has 0 aliphatic carbocycles. The van der Waals surface area contributed by atoms with Crippen LogP contribution in [0, 0.1) is 5.92 Å². The van der Waals surface area contributed by atoms with Gasteiger partial charge in [-0.1, -0.05) is 13.8 Å². The van der Waals surface area contributed by atoms with E-state index >= 15 is 0 Å². The number of hydrogen-bond donors (Lipinski definition) is 1. The van der Waals surface area contributed by atoms with Crippen molar-refractivity contribution in [2.24, 2.45) is 11.7 Å². The standard InChI is InChI=1S/C8H12F7N.ClH/c1-4(2)3-5(16)6(9,10)7(11,12)8(13,14)15;/h4-5H,3,16H2,1-2H3;1H/t5-;/m0./s1. The van der Waals surface area contributed by atoms with Gasteiger partial charge in [0.1, 0.15) is 0 Å². The Hall–Kier alpha value is -0.240. The van der Waals surface area contributed by atoms with Gasteiger partial charge in [-0.15, -0.1) is 12.4 Å². The Morgan fingerprint density at radius 1 is 0.941 bits per heavy atom. The fraction of sp³-hybridized carbons (Fsp3) is 1.00. The highest BCUT2D eigenvalue weighted by molar-refractivity contribution is 5.85. The number of hydrogen-bond acceptors (Lipinski definition) is 1. The molecule has 0 radical (unpaired) electrons. The van der Waals surface area contributed by atoms with Crippen LogP contribution in [0.4, 0.5) is 30.7 Å². The quantitative estimate of drug-likeness (QED) is 0.787. The van der Waals surface area contributed by atoms with Crippen molar-refractivity contribution in [1.82, 2.24) is 0 Å². The van der Waals surface area contributed by atoms with Gasteiger partial charge in [0.05, 0.1) is 6.04 Å². The van der Waals surface area contributed by atoms with Gasteiger partial charge in [-0.05, 0) is 12.3 Å². The van der Waals surface area contributed by atoms with Crippen LogP contribution in [0.5, 0.6) is 0 Å². The number of nitrogens with two attached hydrogens (primary N) is 1. The smallest absolute Gasteiger partial charge is 0.322 e. The van der Waals surface area contributed by atoms with Gasteiger partial charge < -0.3 is 5.73 Å². The predicted octanol–water partition coefficient (Wildman–Crippen LogP) is 3.61. The van der Waals surface area contributed by atoms with Gasteiger partial charge >= 0.3 is 18.0 Å². The molecule has 1 atom stereocenters. The Morgan fingerprint density at radius 2 is 1.29 bits per heavy atom. The maximum Gasteiger partial charge on any atom is 0.459 e. The molecule has 17 heavy (non-hydrogen) atoms. The van der Waals surface area contributed by atoms with Gasteiger partial charge in [0.2, 0.25) is 0 Å². The molecule has 0 heterocycles. The van der Waals surface area contributed by atoms with Crippen LogP contribution in [0.25, 0.3) is 0 Å². The summed E-state index contributed by atoms with van der Waals surface area (Å²) in [5.41, 5.74) is 4.71. The van der Waals surface area contributed by atoms with Crippen molar-refractivity contribution in [2.75, 3.05) is 0 Å². The zero-order valence-electron chi connectivity index (χ0n) is 8.99. The second kappa shape index (κ2) is 5.60. The summed E-state index contributed by atoms with van der Waals surface area (Å²) in [6, 6.07) is -2.54. The summed E-state index contributed by atoms with van der Waals surface area (Å²) in [5, 5.41) is 0. The molecule has 0 aromatic rings. The van der Waals surface area contributed by atoms with E-state index in [1.165, 1.54) is 13.8 Å². The van der Waals surface area contributed by atoms with Crippen LogP contribution in [0.2, 0.25) is 0 Å². The lowest BCUT2D eigenvalue weighted by molar-refractivity contribution is -0.359. The van der Waals surface area contributed by atoms with E-state index in [1.54, 1.807) is 0 Å². The van der Waals surface area contributed by atoms with Crippen molar-refractivity contribution in [3.8, 4) is 0 Å². The zero-order valence-corrected chi connectivity index (χ0v) is 9.81. The predicted molar refractivity (Wildman–Crippen MR) is 50.6 cm³/mol. The van der Waals surface area contributed by atoms with E-state index < -0.39 is 36.4 Å². The van der Waals surface area contributed by atoms with Gasteiger partial charge in [0.25, 0.3) is 0 Å². The molecule has 0 rings (SSSR count). The number of halogens is 8. The first-order valence-electron chi connectivity index (χ1n) is 4.42. The van der Waals surface area contributed by atoms with Crippen molar-refractivity contribution < 1.29 is 30.7 Å². The third-order valence-corrected chi connectivity index (χ3v) is 1.97. The number of rotatable bonds is 4. The zero-order chi connectivity index (χ0) is 13.4. The van der Waals surface area contributed by atoms with Crippen LogP contribution >= 0.6 is 12.4 Å². The topological polar surface area (TPSA) is 26.0 Å². The largest absolute Gasteiger partial charge is 0.459 e. The normalized spacial score (nSPS) is 15.7. The van der Waals surface area contributed by atoms with Crippen molar-refractivity contribution in [3.63, 3.8) is 0 Å². The highest BCUT2D eigenvalue weighted by Crippen LogP contribution is 2.48. The second-order valence-corrected chi connectivity index (χ2v) is 3.93. The number of alkyl halides is 7. The lowest BCUT2D eigenvalue weighted by Crippen LogP contribution is -2.60. The van der Waals surface area contributed by atoms with E-state index in [2.05, 4.69) is 0 Å². The fourth-order valence-electron chi connectivity index (χ4n) is 1.08. The molecule has 1 nitrogen and oxygen atoms in total. The highest BCUT2D eigenvalue weighted by Gasteiger charge is 2.74. The lowest BCUT2D eigenvalue weighted by atomic mass is 9.95. The van der Waals surface area contributed by atoms with Crippen molar-refractivity contribution in [2.45, 2.75) is 44.3 Å². The van der Waals surface area contributed by atoms with Gasteiger partial charge in [0.15, 0.2) is 0 Å². The molecular formula is C8H13ClF7N. The van der Waals surface area contributed by atoms with E-state index in [0.29, 0.717) is 0 Å². The van der Waals surface area contributed by atoms with Crippen molar-refractivity contribution in [1.29, 1.82) is 0 Å². The van der Waals surface area contributed by atoms with E-state index in [9.17, 15) is 30.7 Å². The average molecular weight is 292 g/mol. The van der Waals surface area contributed by atoms with Crippen LogP contribution in [-0.2, 0) is 0 Å². The van der Waals surface area contributed by atoms with Crippen LogP contribution in [0.1, 0.15) is 20.3 Å². The molecule has 0 fully saturated rings. The summed E-state index contributed by atoms with van der Waals surface area (Å²) in [7, 11) is 0. The molecule has 0 aromatic heterocycles. The lowest BCUT2D eigenvalue weighted by Gasteiger charge is -2.32. The maximum absolute atomic E-state index is 12.9. The molecule has 0 aliphatic rings. The van der Waals surface area contributed by atoms with Gasteiger partial charge in [-0.25, -0.2) is 0 Å². The summed E-state index contributed by atoms with van der Waals surface area (Å²) in [6.07, 6.45) is -6.94. The molecule has 0 saturated carbocycles. The van der Waals surface area contributed by atoms with Gasteiger partial charge in [-0.3, -0.25) is 0 Å². The van der Waals surface area contributed by atoms with E-state index in [-0.39, 0.29) is 12.4 Å². The molecule has 0 aliphatic heterocycles. The molecule has 0 amide bonds. The van der Waals surface area contributed by atoms with Crippen molar-refractivity contribution in [3.05, 3.63) is 0 Å². The third-order valence-electron chi connectivity index (χ3n) is 1.97. The molecule has 0 saturated heterocycles. The van der Waals surface area contributed by atoms with Gasteiger partial charge in [-0.2, -0.15) is 30.7 Å². The Labute approximate surface area is 99.9 Å². The minimum absolute atomic E-state index is 0. The van der Waals surface area contributed by atoms with E-state index in [1.807, 2.05) is 0 Å². The third kappa shape index (κ3) is 3.87. The minimum Gasteiger partial charge on any atom is -0.322 e.